The number of aliphatic imine (C=N–C) groups is 1. The molecule has 2 aliphatic rings. The summed E-state index contributed by atoms with van der Waals surface area (Å²) in [5.74, 6) is 1.78. The van der Waals surface area contributed by atoms with Crippen molar-refractivity contribution >= 4 is 23.4 Å². The number of ether oxygens (including phenoxy) is 4. The minimum atomic E-state index is -0.412. The quantitative estimate of drug-likeness (QED) is 0.0798. The van der Waals surface area contributed by atoms with Crippen LogP contribution in [0.15, 0.2) is 83.6 Å². The molecule has 1 saturated heterocycles. The monoisotopic (exact) mass is 711 g/mol. The first-order valence-electron chi connectivity index (χ1n) is 18.1. The van der Waals surface area contributed by atoms with E-state index in [1.165, 1.54) is 4.57 Å². The Bertz CT molecular complexity index is 1820. The highest BCUT2D eigenvalue weighted by Crippen LogP contribution is 2.38. The van der Waals surface area contributed by atoms with Crippen molar-refractivity contribution in [3.63, 3.8) is 0 Å². The molecule has 5 rings (SSSR count). The molecule has 3 unspecified atom stereocenters. The number of amides is 2. The number of rotatable bonds is 11. The van der Waals surface area contributed by atoms with Crippen molar-refractivity contribution in [1.82, 2.24) is 15.2 Å². The maximum atomic E-state index is 13.6. The molecular formula is C40H53N7O5. The van der Waals surface area contributed by atoms with Crippen LogP contribution in [-0.2, 0) is 9.47 Å². The molecule has 0 radical (unpaired) electrons. The van der Waals surface area contributed by atoms with Gasteiger partial charge in [-0.05, 0) is 67.5 Å². The topological polar surface area (TPSA) is 169 Å². The number of nitrogens with zero attached hydrogens (tertiary/aromatic N) is 2. The maximum Gasteiger partial charge on any atom is 0.320 e. The molecule has 0 bridgehead atoms. The number of allylic oxidation sites excluding steroid dienone is 1. The lowest BCUT2D eigenvalue weighted by molar-refractivity contribution is -0.165. The number of carbonyl (C=O) groups is 1. The largest absolute Gasteiger partial charge is 0.491 e. The van der Waals surface area contributed by atoms with Crippen LogP contribution in [0.1, 0.15) is 90.0 Å². The Balaban J connectivity index is 1.27. The first kappa shape index (κ1) is 38.3. The fourth-order valence-electron chi connectivity index (χ4n) is 5.95. The van der Waals surface area contributed by atoms with Crippen molar-refractivity contribution in [2.75, 3.05) is 19.8 Å². The van der Waals surface area contributed by atoms with E-state index in [1.54, 1.807) is 30.5 Å². The van der Waals surface area contributed by atoms with E-state index in [0.717, 1.165) is 37.0 Å². The average molecular weight is 712 g/mol. The number of nitrogens with one attached hydrogen (secondary N) is 4. The molecule has 278 valence electrons. The van der Waals surface area contributed by atoms with Gasteiger partial charge in [-0.2, -0.15) is 0 Å². The summed E-state index contributed by atoms with van der Waals surface area (Å²) in [6.07, 6.45) is 7.32. The minimum absolute atomic E-state index is 0.0416. The Morgan fingerprint density at radius 3 is 2.56 bits per heavy atom. The molecule has 2 aromatic carbocycles. The van der Waals surface area contributed by atoms with Crippen LogP contribution in [-0.4, -0.2) is 48.4 Å². The fraction of sp³-hybridized carbons (Fsp3) is 0.450. The number of nitrogens with two attached hydrogens (primary N) is 1. The van der Waals surface area contributed by atoms with Crippen LogP contribution in [0.5, 0.6) is 11.5 Å². The number of pyridine rings is 1. The highest BCUT2D eigenvalue weighted by Gasteiger charge is 2.30. The summed E-state index contributed by atoms with van der Waals surface area (Å²) >= 11 is 0. The summed E-state index contributed by atoms with van der Waals surface area (Å²) in [7, 11) is 0. The van der Waals surface area contributed by atoms with Gasteiger partial charge < -0.3 is 30.0 Å². The van der Waals surface area contributed by atoms with Crippen LogP contribution in [0, 0.1) is 22.2 Å². The zero-order valence-corrected chi connectivity index (χ0v) is 30.9. The smallest absolute Gasteiger partial charge is 0.320 e. The Labute approximate surface area is 306 Å². The number of aromatic nitrogens is 1. The number of fused-ring (bicyclic) bond motifs is 1. The molecule has 12 heteroatoms. The second-order valence-electron chi connectivity index (χ2n) is 14.5. The Hall–Kier alpha value is -4.94. The number of amidine groups is 1. The van der Waals surface area contributed by atoms with Crippen LogP contribution < -0.4 is 31.3 Å². The fourth-order valence-corrected chi connectivity index (χ4v) is 5.95. The van der Waals surface area contributed by atoms with E-state index in [9.17, 15) is 4.79 Å². The molecule has 0 saturated carbocycles. The van der Waals surface area contributed by atoms with Crippen LogP contribution >= 0.6 is 0 Å². The molecular weight excluding hydrogens is 658 g/mol. The van der Waals surface area contributed by atoms with Gasteiger partial charge in [-0.25, -0.2) is 9.79 Å². The zero-order chi connectivity index (χ0) is 37.3. The first-order valence-corrected chi connectivity index (χ1v) is 18.1. The summed E-state index contributed by atoms with van der Waals surface area (Å²) in [6, 6.07) is 18.0. The molecule has 12 nitrogen and oxygen atoms in total. The van der Waals surface area contributed by atoms with Gasteiger partial charge in [-0.1, -0.05) is 65.0 Å². The number of urea groups is 1. The van der Waals surface area contributed by atoms with Crippen molar-refractivity contribution < 1.29 is 23.7 Å². The van der Waals surface area contributed by atoms with E-state index >= 15 is 0 Å². The van der Waals surface area contributed by atoms with Crippen LogP contribution in [0.2, 0.25) is 0 Å². The van der Waals surface area contributed by atoms with E-state index < -0.39 is 6.03 Å². The van der Waals surface area contributed by atoms with Crippen LogP contribution in [0.4, 0.5) is 10.5 Å². The predicted octanol–water partition coefficient (Wildman–Crippen LogP) is 7.24. The standard InChI is InChI=1S/C40H53N7O5/c1-26(2)38(43)47-25-29(16-19-35(47)42)52-33-18-17-32(30-13-6-7-14-31(30)33)45-39(48)46-36(24-34(41)40(3,4)5)44-27-11-10-12-28(23-27)49-21-22-51-37-15-8-9-20-50-37/h6-7,10-14,16,19,23-26,32-33,37,42-43H,8-9,15,17-18,20-22,41H2,1-5H3,(H2,44,45,46,48)/b34-24-,42-35?,43-38?. The second-order valence-corrected chi connectivity index (χ2v) is 14.5. The van der Waals surface area contributed by atoms with Crippen molar-refractivity contribution in [2.45, 2.75) is 85.2 Å². The van der Waals surface area contributed by atoms with Gasteiger partial charge in [0.15, 0.2) is 6.29 Å². The van der Waals surface area contributed by atoms with Crippen molar-refractivity contribution in [2.24, 2.45) is 22.1 Å². The second kappa shape index (κ2) is 17.5. The highest BCUT2D eigenvalue weighted by atomic mass is 16.7. The molecule has 52 heavy (non-hydrogen) atoms. The zero-order valence-electron chi connectivity index (χ0n) is 30.9. The van der Waals surface area contributed by atoms with Gasteiger partial charge in [0.1, 0.15) is 41.4 Å². The molecule has 1 aliphatic heterocycles. The third-order valence-electron chi connectivity index (χ3n) is 9.01. The van der Waals surface area contributed by atoms with Crippen molar-refractivity contribution in [3.8, 4) is 11.5 Å². The van der Waals surface area contributed by atoms with Gasteiger partial charge in [0.25, 0.3) is 0 Å². The lowest BCUT2D eigenvalue weighted by atomic mass is 9.85. The average Bonchev–Trinajstić information content (AvgIpc) is 3.11. The van der Waals surface area contributed by atoms with Crippen molar-refractivity contribution in [1.29, 1.82) is 10.8 Å². The van der Waals surface area contributed by atoms with E-state index in [2.05, 4.69) is 10.6 Å². The van der Waals surface area contributed by atoms with E-state index in [0.29, 0.717) is 60.6 Å². The Morgan fingerprint density at radius 1 is 1.04 bits per heavy atom. The van der Waals surface area contributed by atoms with Gasteiger partial charge in [0.2, 0.25) is 0 Å². The third kappa shape index (κ3) is 10.5. The SMILES string of the molecule is CC(C)C(=N)n1cc(OC2CCC(NC(=O)NC(/C=C(\N)C(C)(C)C)=Nc3cccc(OCCOC4CCCCO4)c3)c3ccccc32)ccc1=N. The number of hydrogen-bond donors (Lipinski definition) is 5. The van der Waals surface area contributed by atoms with Crippen LogP contribution in [0.25, 0.3) is 0 Å². The summed E-state index contributed by atoms with van der Waals surface area (Å²) in [4.78, 5) is 18.3. The van der Waals surface area contributed by atoms with Gasteiger partial charge >= 0.3 is 6.03 Å². The number of carbonyl (C=O) groups excluding carboxylic acids is 1. The molecule has 2 heterocycles. The highest BCUT2D eigenvalue weighted by molar-refractivity contribution is 6.05. The lowest BCUT2D eigenvalue weighted by Crippen LogP contribution is -2.42. The van der Waals surface area contributed by atoms with E-state index in [1.807, 2.05) is 77.1 Å². The van der Waals surface area contributed by atoms with E-state index in [-0.39, 0.29) is 35.3 Å². The third-order valence-corrected chi connectivity index (χ3v) is 9.01. The summed E-state index contributed by atoms with van der Waals surface area (Å²) in [6.45, 7) is 11.4. The van der Waals surface area contributed by atoms with Crippen molar-refractivity contribution in [3.05, 3.63) is 95.2 Å². The minimum Gasteiger partial charge on any atom is -0.491 e. The molecule has 6 N–H and O–H groups in total. The predicted molar refractivity (Wildman–Crippen MR) is 202 cm³/mol. The molecule has 1 aliphatic carbocycles. The number of hydrogen-bond acceptors (Lipinski definition) is 9. The van der Waals surface area contributed by atoms with Gasteiger partial charge in [-0.15, -0.1) is 0 Å². The van der Waals surface area contributed by atoms with Crippen LogP contribution in [0.3, 0.4) is 0 Å². The normalized spacial score (nSPS) is 19.5. The molecule has 1 aromatic heterocycles. The Morgan fingerprint density at radius 2 is 1.83 bits per heavy atom. The summed E-state index contributed by atoms with van der Waals surface area (Å²) in [5, 5.41) is 22.7. The van der Waals surface area contributed by atoms with Gasteiger partial charge in [-0.3, -0.25) is 20.7 Å². The first-order chi connectivity index (χ1) is 24.9. The summed E-state index contributed by atoms with van der Waals surface area (Å²) in [5.41, 5.74) is 9.41. The molecule has 3 aromatic rings. The lowest BCUT2D eigenvalue weighted by Gasteiger charge is -2.32. The molecule has 2 amide bonds. The maximum absolute atomic E-state index is 13.6. The van der Waals surface area contributed by atoms with E-state index in [4.69, 9.17) is 40.5 Å². The number of benzene rings is 2. The summed E-state index contributed by atoms with van der Waals surface area (Å²) < 4.78 is 25.3. The molecule has 1 fully saturated rings. The van der Waals surface area contributed by atoms with Gasteiger partial charge in [0, 0.05) is 35.8 Å². The molecule has 3 atom stereocenters. The Kier molecular flexibility index (Phi) is 12.9. The molecule has 0 spiro atoms. The van der Waals surface area contributed by atoms with Gasteiger partial charge in [0.05, 0.1) is 24.5 Å².